The molecule has 2 heterocycles. The van der Waals surface area contributed by atoms with E-state index in [0.717, 1.165) is 11.3 Å². The third-order valence-electron chi connectivity index (χ3n) is 4.33. The summed E-state index contributed by atoms with van der Waals surface area (Å²) in [5.74, 6) is 0.751. The molecule has 7 heteroatoms. The molecular weight excluding hydrogens is 310 g/mol. The van der Waals surface area contributed by atoms with E-state index in [-0.39, 0.29) is 18.1 Å². The zero-order valence-electron chi connectivity index (χ0n) is 13.6. The molecular formula is C17H19N3O4. The van der Waals surface area contributed by atoms with Crippen LogP contribution in [-0.4, -0.2) is 38.8 Å². The van der Waals surface area contributed by atoms with E-state index in [2.05, 4.69) is 4.98 Å². The first-order chi connectivity index (χ1) is 11.5. The van der Waals surface area contributed by atoms with Gasteiger partial charge in [-0.3, -0.25) is 9.36 Å². The smallest absolute Gasteiger partial charge is 0.407 e. The first kappa shape index (κ1) is 16.0. The largest absolute Gasteiger partial charge is 0.497 e. The van der Waals surface area contributed by atoms with Crippen molar-refractivity contribution in [2.45, 2.75) is 32.5 Å². The fraction of sp³-hybridized carbons (Fsp3) is 0.353. The predicted octanol–water partition coefficient (Wildman–Crippen LogP) is 1.72. The minimum Gasteiger partial charge on any atom is -0.497 e. The van der Waals surface area contributed by atoms with E-state index in [0.29, 0.717) is 24.2 Å². The van der Waals surface area contributed by atoms with Crippen molar-refractivity contribution in [3.8, 4) is 5.75 Å². The van der Waals surface area contributed by atoms with Crippen molar-refractivity contribution in [1.82, 2.24) is 14.5 Å². The Kier molecular flexibility index (Phi) is 4.24. The second kappa shape index (κ2) is 6.35. The van der Waals surface area contributed by atoms with Gasteiger partial charge in [-0.2, -0.15) is 0 Å². The van der Waals surface area contributed by atoms with Crippen LogP contribution in [0.15, 0.2) is 35.4 Å². The van der Waals surface area contributed by atoms with Crippen LogP contribution < -0.4 is 10.3 Å². The second-order valence-electron chi connectivity index (χ2n) is 5.91. The maximum atomic E-state index is 12.7. The highest BCUT2D eigenvalue weighted by Crippen LogP contribution is 2.19. The number of amides is 1. The van der Waals surface area contributed by atoms with Gasteiger partial charge in [0.2, 0.25) is 0 Å². The molecule has 1 atom stereocenters. The lowest BCUT2D eigenvalue weighted by molar-refractivity contribution is 0.118. The van der Waals surface area contributed by atoms with Crippen LogP contribution in [0.1, 0.15) is 23.7 Å². The Morgan fingerprint density at radius 1 is 1.38 bits per heavy atom. The molecule has 7 nitrogen and oxygen atoms in total. The molecule has 0 saturated carbocycles. The van der Waals surface area contributed by atoms with Crippen molar-refractivity contribution in [2.24, 2.45) is 0 Å². The molecule has 0 bridgehead atoms. The minimum absolute atomic E-state index is 0.0844. The number of ether oxygens (including phenoxy) is 1. The van der Waals surface area contributed by atoms with E-state index in [1.165, 1.54) is 15.8 Å². The number of methoxy groups -OCH3 is 1. The summed E-state index contributed by atoms with van der Waals surface area (Å²) in [6.45, 7) is 2.29. The lowest BCUT2D eigenvalue weighted by Gasteiger charge is -2.31. The number of aromatic nitrogens is 2. The van der Waals surface area contributed by atoms with Crippen LogP contribution in [0.5, 0.6) is 5.75 Å². The van der Waals surface area contributed by atoms with E-state index < -0.39 is 6.09 Å². The third kappa shape index (κ3) is 2.97. The molecule has 0 spiro atoms. The monoisotopic (exact) mass is 329 g/mol. The number of rotatable bonds is 3. The van der Waals surface area contributed by atoms with E-state index in [1.54, 1.807) is 7.11 Å². The van der Waals surface area contributed by atoms with E-state index in [4.69, 9.17) is 4.74 Å². The molecule has 1 aromatic heterocycles. The minimum atomic E-state index is -1.02. The Bertz CT molecular complexity index is 814. The number of hydrogen-bond donors (Lipinski definition) is 1. The van der Waals surface area contributed by atoms with Crippen LogP contribution in [0.25, 0.3) is 0 Å². The van der Waals surface area contributed by atoms with Gasteiger partial charge in [0.1, 0.15) is 5.75 Å². The average Bonchev–Trinajstić information content (AvgIpc) is 2.57. The fourth-order valence-corrected chi connectivity index (χ4v) is 2.91. The summed E-state index contributed by atoms with van der Waals surface area (Å²) in [6.07, 6.45) is 0.979. The number of fused-ring (bicyclic) bond motifs is 1. The Hall–Kier alpha value is -2.83. The lowest BCUT2D eigenvalue weighted by atomic mass is 10.0. The summed E-state index contributed by atoms with van der Waals surface area (Å²) in [7, 11) is 1.60. The molecule has 0 fully saturated rings. The normalized spacial score (nSPS) is 16.6. The van der Waals surface area contributed by atoms with Gasteiger partial charge in [0.25, 0.3) is 5.56 Å². The summed E-state index contributed by atoms with van der Waals surface area (Å²) >= 11 is 0. The van der Waals surface area contributed by atoms with Gasteiger partial charge in [-0.15, -0.1) is 0 Å². The molecule has 0 saturated heterocycles. The van der Waals surface area contributed by atoms with Crippen LogP contribution in [0, 0.1) is 0 Å². The summed E-state index contributed by atoms with van der Waals surface area (Å²) in [6, 6.07) is 7.26. The average molecular weight is 329 g/mol. The number of hydrogen-bond acceptors (Lipinski definition) is 4. The zero-order valence-corrected chi connectivity index (χ0v) is 13.6. The zero-order chi connectivity index (χ0) is 17.3. The van der Waals surface area contributed by atoms with E-state index in [1.807, 2.05) is 31.2 Å². The SMILES string of the molecule is COc1ccc(Cn2cnc3c(c2=O)CN(C(=O)O)C(C)C3)cc1. The van der Waals surface area contributed by atoms with Crippen molar-refractivity contribution >= 4 is 6.09 Å². The molecule has 24 heavy (non-hydrogen) atoms. The van der Waals surface area contributed by atoms with Gasteiger partial charge in [-0.05, 0) is 24.6 Å². The fourth-order valence-electron chi connectivity index (χ4n) is 2.91. The van der Waals surface area contributed by atoms with E-state index in [9.17, 15) is 14.7 Å². The molecule has 1 unspecified atom stereocenters. The molecule has 1 aromatic carbocycles. The summed E-state index contributed by atoms with van der Waals surface area (Å²) in [4.78, 5) is 29.7. The molecule has 0 aliphatic carbocycles. The van der Waals surface area contributed by atoms with Crippen LogP contribution in [-0.2, 0) is 19.5 Å². The predicted molar refractivity (Wildman–Crippen MR) is 87.3 cm³/mol. The number of carbonyl (C=O) groups is 1. The van der Waals surface area contributed by atoms with Crippen LogP contribution in [0.2, 0.25) is 0 Å². The van der Waals surface area contributed by atoms with Gasteiger partial charge in [-0.1, -0.05) is 12.1 Å². The second-order valence-corrected chi connectivity index (χ2v) is 5.91. The molecule has 1 aliphatic heterocycles. The highest BCUT2D eigenvalue weighted by Gasteiger charge is 2.29. The Morgan fingerprint density at radius 2 is 2.08 bits per heavy atom. The van der Waals surface area contributed by atoms with Gasteiger partial charge in [0.15, 0.2) is 0 Å². The highest BCUT2D eigenvalue weighted by atomic mass is 16.5. The Labute approximate surface area is 139 Å². The molecule has 2 aromatic rings. The number of nitrogens with zero attached hydrogens (tertiary/aromatic N) is 3. The molecule has 1 aliphatic rings. The Morgan fingerprint density at radius 3 is 2.71 bits per heavy atom. The van der Waals surface area contributed by atoms with Crippen LogP contribution in [0.4, 0.5) is 4.79 Å². The van der Waals surface area contributed by atoms with Gasteiger partial charge in [0.05, 0.1) is 37.8 Å². The van der Waals surface area contributed by atoms with Crippen molar-refractivity contribution in [3.63, 3.8) is 0 Å². The summed E-state index contributed by atoms with van der Waals surface area (Å²) < 4.78 is 6.63. The van der Waals surface area contributed by atoms with Crippen molar-refractivity contribution in [2.75, 3.05) is 7.11 Å². The molecule has 0 radical (unpaired) electrons. The van der Waals surface area contributed by atoms with E-state index >= 15 is 0 Å². The molecule has 126 valence electrons. The van der Waals surface area contributed by atoms with Crippen molar-refractivity contribution in [3.05, 3.63) is 57.8 Å². The van der Waals surface area contributed by atoms with Crippen LogP contribution >= 0.6 is 0 Å². The standard InChI is InChI=1S/C17H19N3O4/c1-11-7-15-14(9-20(11)17(22)23)16(21)19(10-18-15)8-12-3-5-13(24-2)6-4-12/h3-6,10-11H,7-9H2,1-2H3,(H,22,23). The number of carboxylic acid groups (broad SMARTS) is 1. The lowest BCUT2D eigenvalue weighted by Crippen LogP contribution is -2.45. The highest BCUT2D eigenvalue weighted by molar-refractivity contribution is 5.66. The first-order valence-corrected chi connectivity index (χ1v) is 7.69. The van der Waals surface area contributed by atoms with Crippen molar-refractivity contribution < 1.29 is 14.6 Å². The molecule has 3 rings (SSSR count). The maximum absolute atomic E-state index is 12.7. The molecule has 1 N–H and O–H groups in total. The van der Waals surface area contributed by atoms with Crippen LogP contribution in [0.3, 0.4) is 0 Å². The van der Waals surface area contributed by atoms with Gasteiger partial charge >= 0.3 is 6.09 Å². The quantitative estimate of drug-likeness (QED) is 0.927. The van der Waals surface area contributed by atoms with Crippen molar-refractivity contribution in [1.29, 1.82) is 0 Å². The number of benzene rings is 1. The third-order valence-corrected chi connectivity index (χ3v) is 4.33. The van der Waals surface area contributed by atoms with Gasteiger partial charge in [0, 0.05) is 12.5 Å². The Balaban J connectivity index is 1.90. The summed E-state index contributed by atoms with van der Waals surface area (Å²) in [5, 5.41) is 9.26. The van der Waals surface area contributed by atoms with Gasteiger partial charge in [-0.25, -0.2) is 9.78 Å². The first-order valence-electron chi connectivity index (χ1n) is 7.69. The summed E-state index contributed by atoms with van der Waals surface area (Å²) in [5.41, 5.74) is 1.91. The topological polar surface area (TPSA) is 84.7 Å². The maximum Gasteiger partial charge on any atom is 0.407 e. The molecule has 1 amide bonds. The van der Waals surface area contributed by atoms with Gasteiger partial charge < -0.3 is 14.7 Å².